The second-order valence-electron chi connectivity index (χ2n) is 12.4. The van der Waals surface area contributed by atoms with E-state index in [0.29, 0.717) is 11.1 Å². The van der Waals surface area contributed by atoms with Crippen LogP contribution in [0.3, 0.4) is 0 Å². The third-order valence-corrected chi connectivity index (χ3v) is 8.39. The van der Waals surface area contributed by atoms with Crippen molar-refractivity contribution in [3.8, 4) is 0 Å². The number of carbonyl (C=O) groups is 6. The highest BCUT2D eigenvalue weighted by Gasteiger charge is 2.32. The van der Waals surface area contributed by atoms with Gasteiger partial charge in [0.05, 0.1) is 12.6 Å². The number of rotatable bonds is 19. The molecular weight excluding hydrogens is 684 g/mol. The highest BCUT2D eigenvalue weighted by Crippen LogP contribution is 2.17. The Morgan fingerprint density at radius 2 is 1.17 bits per heavy atom. The zero-order valence-corrected chi connectivity index (χ0v) is 28.7. The number of hydrogen-bond donors (Lipinski definition) is 8. The number of aliphatic hydroxyl groups is 1. The van der Waals surface area contributed by atoms with E-state index in [4.69, 9.17) is 10.8 Å². The second-order valence-corrected chi connectivity index (χ2v) is 12.4. The lowest BCUT2D eigenvalue weighted by Crippen LogP contribution is -2.60. The Morgan fingerprint density at radius 1 is 0.604 bits per heavy atom. The quantitative estimate of drug-likeness (QED) is 0.0660. The lowest BCUT2D eigenvalue weighted by atomic mass is 10.00. The van der Waals surface area contributed by atoms with Crippen LogP contribution in [-0.2, 0) is 48.0 Å². The average molecular weight is 727 g/mol. The third-order valence-electron chi connectivity index (χ3n) is 8.39. The Balaban J connectivity index is 1.52. The number of benzene rings is 3. The summed E-state index contributed by atoms with van der Waals surface area (Å²) in [5.74, 6) is -6.12. The molecule has 0 unspecified atom stereocenters. The van der Waals surface area contributed by atoms with Crippen molar-refractivity contribution in [2.24, 2.45) is 5.73 Å². The van der Waals surface area contributed by atoms with Crippen LogP contribution >= 0.6 is 0 Å². The first-order valence-corrected chi connectivity index (χ1v) is 16.9. The van der Waals surface area contributed by atoms with Crippen LogP contribution in [-0.4, -0.2) is 92.7 Å². The number of aliphatic carboxylic acids is 2. The van der Waals surface area contributed by atoms with Crippen LogP contribution in [0.25, 0.3) is 10.8 Å². The number of fused-ring (bicyclic) bond motifs is 1. The lowest BCUT2D eigenvalue weighted by Gasteiger charge is -2.26. The first-order valence-electron chi connectivity index (χ1n) is 16.9. The number of nitrogens with two attached hydrogens (primary N) is 1. The molecule has 0 fully saturated rings. The van der Waals surface area contributed by atoms with Gasteiger partial charge in [-0.3, -0.25) is 29.0 Å². The molecule has 1 aromatic heterocycles. The molecule has 4 amide bonds. The maximum absolute atomic E-state index is 13.9. The van der Waals surface area contributed by atoms with Gasteiger partial charge < -0.3 is 42.3 Å². The van der Waals surface area contributed by atoms with E-state index in [1.165, 1.54) is 12.4 Å². The molecule has 4 rings (SSSR count). The number of nitrogens with zero attached hydrogens (tertiary/aromatic N) is 1. The highest BCUT2D eigenvalue weighted by atomic mass is 16.4. The minimum absolute atomic E-state index is 0.0386. The number of carboxylic acids is 2. The summed E-state index contributed by atoms with van der Waals surface area (Å²) in [5.41, 5.74) is 8.38. The molecule has 278 valence electrons. The summed E-state index contributed by atoms with van der Waals surface area (Å²) in [5, 5.41) is 40.2. The number of nitrogens with one attached hydrogen (secondary N) is 4. The zero-order chi connectivity index (χ0) is 38.3. The van der Waals surface area contributed by atoms with Gasteiger partial charge in [-0.1, -0.05) is 78.9 Å². The first kappa shape index (κ1) is 39.6. The molecule has 15 nitrogen and oxygen atoms in total. The average Bonchev–Trinajstić information content (AvgIpc) is 3.15. The fourth-order valence-corrected chi connectivity index (χ4v) is 5.55. The molecule has 3 aromatic carbocycles. The normalized spacial score (nSPS) is 13.8. The van der Waals surface area contributed by atoms with Crippen LogP contribution in [0.1, 0.15) is 29.5 Å². The van der Waals surface area contributed by atoms with Crippen molar-refractivity contribution in [2.45, 2.75) is 62.3 Å². The van der Waals surface area contributed by atoms with Gasteiger partial charge >= 0.3 is 11.9 Å². The molecule has 9 N–H and O–H groups in total. The smallest absolute Gasteiger partial charge is 0.326 e. The second kappa shape index (κ2) is 19.4. The summed E-state index contributed by atoms with van der Waals surface area (Å²) in [4.78, 5) is 80.6. The van der Waals surface area contributed by atoms with Gasteiger partial charge in [0.1, 0.15) is 24.2 Å². The summed E-state index contributed by atoms with van der Waals surface area (Å²) in [6.07, 6.45) is 2.10. The van der Waals surface area contributed by atoms with Gasteiger partial charge in [-0.25, -0.2) is 4.79 Å². The molecule has 0 saturated heterocycles. The van der Waals surface area contributed by atoms with Gasteiger partial charge in [0.25, 0.3) is 0 Å². The molecule has 0 aliphatic heterocycles. The Hall–Kier alpha value is -6.19. The number of pyridine rings is 1. The number of carbonyl (C=O) groups excluding carboxylic acids is 4. The van der Waals surface area contributed by atoms with Crippen molar-refractivity contribution in [1.29, 1.82) is 0 Å². The topological polar surface area (TPSA) is 250 Å². The molecule has 4 aromatic rings. The molecule has 0 radical (unpaired) electrons. The largest absolute Gasteiger partial charge is 0.481 e. The van der Waals surface area contributed by atoms with Crippen molar-refractivity contribution in [3.05, 3.63) is 114 Å². The molecule has 53 heavy (non-hydrogen) atoms. The molecule has 0 spiro atoms. The Kier molecular flexibility index (Phi) is 14.5. The van der Waals surface area contributed by atoms with Crippen LogP contribution in [0.4, 0.5) is 0 Å². The summed E-state index contributed by atoms with van der Waals surface area (Å²) in [7, 11) is 0. The van der Waals surface area contributed by atoms with Crippen LogP contribution in [0.2, 0.25) is 0 Å². The van der Waals surface area contributed by atoms with Gasteiger partial charge in [-0.15, -0.1) is 0 Å². The molecule has 1 heterocycles. The van der Waals surface area contributed by atoms with Gasteiger partial charge in [-0.05, 0) is 46.4 Å². The number of aliphatic hydroxyl groups excluding tert-OH is 1. The van der Waals surface area contributed by atoms with E-state index in [0.717, 1.165) is 16.3 Å². The van der Waals surface area contributed by atoms with Crippen LogP contribution in [0, 0.1) is 0 Å². The standard InChI is InChI=1S/C38H42N6O9/c39-28(18-24-12-13-26-10-4-5-11-27(26)17-24)34(48)42-30(19-23-7-2-1-3-8-23)35(49)43-31(20-25-9-6-16-40-21-25)36(50)44-32(22-45)37(51)41-29(38(52)53)14-15-33(46)47/h1-13,16-17,21,28-32,45H,14-15,18-20,22,39H2,(H,41,51)(H,42,48)(H,43,49)(H,44,50)(H,46,47)(H,52,53)/t28-,29-,30-,31-,32+/m1/s1. The fourth-order valence-electron chi connectivity index (χ4n) is 5.55. The highest BCUT2D eigenvalue weighted by molar-refractivity contribution is 5.96. The van der Waals surface area contributed by atoms with E-state index < -0.39 is 85.2 Å². The number of aromatic nitrogens is 1. The predicted octanol–water partition coefficient (Wildman–Crippen LogP) is 0.471. The SMILES string of the molecule is N[C@H](Cc1ccc2ccccc2c1)C(=O)N[C@H](Cc1ccccc1)C(=O)N[C@H](Cc1cccnc1)C(=O)N[C@@H](CO)C(=O)N[C@H](CCC(=O)O)C(=O)O. The molecule has 5 atom stereocenters. The van der Waals surface area contributed by atoms with Gasteiger partial charge in [0.15, 0.2) is 0 Å². The van der Waals surface area contributed by atoms with Gasteiger partial charge in [0, 0.05) is 31.7 Å². The van der Waals surface area contributed by atoms with Crippen molar-refractivity contribution in [3.63, 3.8) is 0 Å². The maximum Gasteiger partial charge on any atom is 0.326 e. The van der Waals surface area contributed by atoms with E-state index in [1.54, 1.807) is 42.5 Å². The number of hydrogen-bond acceptors (Lipinski definition) is 9. The number of amides is 4. The fraction of sp³-hybridized carbons (Fsp3) is 0.289. The van der Waals surface area contributed by atoms with E-state index in [1.807, 2.05) is 42.5 Å². The monoisotopic (exact) mass is 726 g/mol. The van der Waals surface area contributed by atoms with Crippen molar-refractivity contribution in [1.82, 2.24) is 26.3 Å². The van der Waals surface area contributed by atoms with Gasteiger partial charge in [0.2, 0.25) is 23.6 Å². The Morgan fingerprint density at radius 3 is 1.79 bits per heavy atom. The summed E-state index contributed by atoms with van der Waals surface area (Å²) < 4.78 is 0. The molecular formula is C38H42N6O9. The zero-order valence-electron chi connectivity index (χ0n) is 28.7. The molecule has 0 aliphatic rings. The van der Waals surface area contributed by atoms with E-state index in [-0.39, 0.29) is 19.3 Å². The third kappa shape index (κ3) is 12.2. The van der Waals surface area contributed by atoms with Crippen molar-refractivity contribution >= 4 is 46.3 Å². The Bertz CT molecular complexity index is 1890. The van der Waals surface area contributed by atoms with E-state index in [2.05, 4.69) is 26.3 Å². The van der Waals surface area contributed by atoms with Crippen LogP contribution < -0.4 is 27.0 Å². The molecule has 15 heteroatoms. The molecule has 0 bridgehead atoms. The Labute approximate surface area is 305 Å². The minimum atomic E-state index is -1.66. The summed E-state index contributed by atoms with van der Waals surface area (Å²) >= 11 is 0. The minimum Gasteiger partial charge on any atom is -0.481 e. The van der Waals surface area contributed by atoms with Crippen LogP contribution in [0.15, 0.2) is 97.3 Å². The molecule has 0 aliphatic carbocycles. The van der Waals surface area contributed by atoms with Crippen molar-refractivity contribution in [2.75, 3.05) is 6.61 Å². The summed E-state index contributed by atoms with van der Waals surface area (Å²) in [6.45, 7) is -0.946. The van der Waals surface area contributed by atoms with E-state index in [9.17, 15) is 39.0 Å². The summed E-state index contributed by atoms with van der Waals surface area (Å²) in [6, 6.07) is 18.8. The van der Waals surface area contributed by atoms with E-state index >= 15 is 0 Å². The maximum atomic E-state index is 13.9. The van der Waals surface area contributed by atoms with Crippen LogP contribution in [0.5, 0.6) is 0 Å². The van der Waals surface area contributed by atoms with Crippen molar-refractivity contribution < 1.29 is 44.1 Å². The predicted molar refractivity (Wildman–Crippen MR) is 193 cm³/mol. The van der Waals surface area contributed by atoms with Gasteiger partial charge in [-0.2, -0.15) is 0 Å². The molecule has 0 saturated carbocycles. The number of carboxylic acid groups (broad SMARTS) is 2. The lowest BCUT2D eigenvalue weighted by molar-refractivity contribution is -0.143. The first-order chi connectivity index (χ1) is 25.4.